The van der Waals surface area contributed by atoms with Crippen molar-refractivity contribution < 1.29 is 14.6 Å². The summed E-state index contributed by atoms with van der Waals surface area (Å²) in [4.78, 5) is 14.2. The maximum atomic E-state index is 12.5. The van der Waals surface area contributed by atoms with Crippen molar-refractivity contribution in [3.8, 4) is 5.75 Å². The van der Waals surface area contributed by atoms with Gasteiger partial charge in [-0.15, -0.1) is 0 Å². The van der Waals surface area contributed by atoms with Crippen molar-refractivity contribution in [2.75, 3.05) is 18.8 Å². The number of hydrogen-bond acceptors (Lipinski definition) is 4. The average Bonchev–Trinajstić information content (AvgIpc) is 2.29. The first-order chi connectivity index (χ1) is 8.80. The number of amides is 1. The van der Waals surface area contributed by atoms with Crippen LogP contribution in [0.3, 0.4) is 0 Å². The number of nitrogen functional groups attached to an aromatic ring is 1. The number of carbonyl (C=O) groups excluding carboxylic acids is 1. The number of phenolic OH excluding ortho intramolecular Hbond substituents is 1. The van der Waals surface area contributed by atoms with Crippen LogP contribution in [0.1, 0.15) is 31.1 Å². The van der Waals surface area contributed by atoms with Crippen molar-refractivity contribution in [3.63, 3.8) is 0 Å². The fourth-order valence-electron chi connectivity index (χ4n) is 2.51. The molecule has 0 aliphatic carbocycles. The predicted octanol–water partition coefficient (Wildman–Crippen LogP) is 1.61. The van der Waals surface area contributed by atoms with Crippen LogP contribution in [0.25, 0.3) is 0 Å². The zero-order chi connectivity index (χ0) is 14.2. The Balaban J connectivity index is 2.26. The van der Waals surface area contributed by atoms with Gasteiger partial charge in [0, 0.05) is 13.1 Å². The largest absolute Gasteiger partial charge is 0.505 e. The molecule has 1 saturated heterocycles. The molecule has 3 N–H and O–H groups in total. The Labute approximate surface area is 113 Å². The average molecular weight is 264 g/mol. The Hall–Kier alpha value is -1.75. The molecule has 1 aliphatic rings. The maximum absolute atomic E-state index is 12.5. The molecule has 2 rings (SSSR count). The Morgan fingerprint density at radius 1 is 1.53 bits per heavy atom. The van der Waals surface area contributed by atoms with Gasteiger partial charge in [0.2, 0.25) is 0 Å². The summed E-state index contributed by atoms with van der Waals surface area (Å²) in [6.45, 7) is 6.83. The molecule has 1 heterocycles. The molecular formula is C14H20N2O3. The Bertz CT molecular complexity index is 499. The smallest absolute Gasteiger partial charge is 0.257 e. The zero-order valence-electron chi connectivity index (χ0n) is 11.5. The lowest BCUT2D eigenvalue weighted by Crippen LogP contribution is -2.53. The van der Waals surface area contributed by atoms with Gasteiger partial charge in [-0.1, -0.05) is 6.07 Å². The molecule has 1 aromatic carbocycles. The van der Waals surface area contributed by atoms with E-state index in [9.17, 15) is 9.90 Å². The standard InChI is InChI=1S/C14H20N2O3/c1-9-7-16(8-14(2,3)19-9)13(18)10-5-4-6-11(15)12(10)17/h4-6,9,17H,7-8,15H2,1-3H3. The number of nitrogens with zero attached hydrogens (tertiary/aromatic N) is 1. The highest BCUT2D eigenvalue weighted by atomic mass is 16.5. The number of benzene rings is 1. The lowest BCUT2D eigenvalue weighted by molar-refractivity contribution is -0.118. The van der Waals surface area contributed by atoms with Crippen LogP contribution in [-0.4, -0.2) is 40.7 Å². The summed E-state index contributed by atoms with van der Waals surface area (Å²) in [5.74, 6) is -0.363. The number of carbonyl (C=O) groups is 1. The molecule has 0 bridgehead atoms. The van der Waals surface area contributed by atoms with Crippen molar-refractivity contribution in [1.82, 2.24) is 4.90 Å². The third-order valence-electron chi connectivity index (χ3n) is 3.15. The minimum atomic E-state index is -0.386. The molecule has 1 atom stereocenters. The van der Waals surface area contributed by atoms with Crippen LogP contribution < -0.4 is 5.73 Å². The SMILES string of the molecule is CC1CN(C(=O)c2cccc(N)c2O)CC(C)(C)O1. The third kappa shape index (κ3) is 2.81. The summed E-state index contributed by atoms with van der Waals surface area (Å²) >= 11 is 0. The summed E-state index contributed by atoms with van der Waals surface area (Å²) < 4.78 is 5.76. The lowest BCUT2D eigenvalue weighted by Gasteiger charge is -2.41. The first-order valence-electron chi connectivity index (χ1n) is 6.35. The topological polar surface area (TPSA) is 75.8 Å². The fourth-order valence-corrected chi connectivity index (χ4v) is 2.51. The number of phenols is 1. The van der Waals surface area contributed by atoms with Gasteiger partial charge >= 0.3 is 0 Å². The van der Waals surface area contributed by atoms with Gasteiger partial charge in [-0.05, 0) is 32.9 Å². The van der Waals surface area contributed by atoms with Crippen molar-refractivity contribution in [3.05, 3.63) is 23.8 Å². The monoisotopic (exact) mass is 264 g/mol. The quantitative estimate of drug-likeness (QED) is 0.597. The second kappa shape index (κ2) is 4.74. The van der Waals surface area contributed by atoms with Crippen LogP contribution in [0.5, 0.6) is 5.75 Å². The van der Waals surface area contributed by atoms with Gasteiger partial charge in [-0.2, -0.15) is 0 Å². The Morgan fingerprint density at radius 2 is 2.21 bits per heavy atom. The van der Waals surface area contributed by atoms with Gasteiger partial charge in [0.15, 0.2) is 5.75 Å². The van der Waals surface area contributed by atoms with E-state index in [-0.39, 0.29) is 34.6 Å². The summed E-state index contributed by atoms with van der Waals surface area (Å²) in [6.07, 6.45) is -0.0316. The summed E-state index contributed by atoms with van der Waals surface area (Å²) in [7, 11) is 0. The second-order valence-electron chi connectivity index (χ2n) is 5.62. The highest BCUT2D eigenvalue weighted by molar-refractivity contribution is 5.98. The van der Waals surface area contributed by atoms with Gasteiger partial charge < -0.3 is 20.5 Å². The van der Waals surface area contributed by atoms with Gasteiger partial charge in [0.1, 0.15) is 0 Å². The van der Waals surface area contributed by atoms with Crippen molar-refractivity contribution in [2.24, 2.45) is 0 Å². The molecule has 19 heavy (non-hydrogen) atoms. The molecule has 104 valence electrons. The van der Waals surface area contributed by atoms with Gasteiger partial charge in [0.05, 0.1) is 23.0 Å². The van der Waals surface area contributed by atoms with E-state index in [0.29, 0.717) is 13.1 Å². The summed E-state index contributed by atoms with van der Waals surface area (Å²) in [5.41, 5.74) is 5.69. The molecular weight excluding hydrogens is 244 g/mol. The minimum absolute atomic E-state index is 0.0316. The van der Waals surface area contributed by atoms with Crippen molar-refractivity contribution in [1.29, 1.82) is 0 Å². The number of hydrogen-bond donors (Lipinski definition) is 2. The maximum Gasteiger partial charge on any atom is 0.257 e. The first-order valence-corrected chi connectivity index (χ1v) is 6.35. The fraction of sp³-hybridized carbons (Fsp3) is 0.500. The van der Waals surface area contributed by atoms with Crippen LogP contribution in [0.15, 0.2) is 18.2 Å². The summed E-state index contributed by atoms with van der Waals surface area (Å²) in [5, 5.41) is 9.89. The normalized spacial score (nSPS) is 22.3. The Morgan fingerprint density at radius 3 is 2.84 bits per heavy atom. The van der Waals surface area contributed by atoms with E-state index in [1.807, 2.05) is 20.8 Å². The lowest BCUT2D eigenvalue weighted by atomic mass is 10.0. The second-order valence-corrected chi connectivity index (χ2v) is 5.62. The molecule has 1 amide bonds. The number of para-hydroxylation sites is 1. The molecule has 0 spiro atoms. The highest BCUT2D eigenvalue weighted by Crippen LogP contribution is 2.28. The summed E-state index contributed by atoms with van der Waals surface area (Å²) in [6, 6.07) is 4.82. The van der Waals surface area contributed by atoms with E-state index in [1.165, 1.54) is 0 Å². The van der Waals surface area contributed by atoms with Crippen molar-refractivity contribution in [2.45, 2.75) is 32.5 Å². The molecule has 0 radical (unpaired) electrons. The number of aromatic hydroxyl groups is 1. The van der Waals surface area contributed by atoms with Crippen LogP contribution >= 0.6 is 0 Å². The predicted molar refractivity (Wildman–Crippen MR) is 73.0 cm³/mol. The van der Waals surface area contributed by atoms with E-state index in [4.69, 9.17) is 10.5 Å². The first kappa shape index (κ1) is 13.7. The van der Waals surface area contributed by atoms with Gasteiger partial charge in [-0.25, -0.2) is 0 Å². The molecule has 5 nitrogen and oxygen atoms in total. The molecule has 0 aromatic heterocycles. The van der Waals surface area contributed by atoms with Gasteiger partial charge in [-0.3, -0.25) is 4.79 Å². The molecule has 1 aromatic rings. The van der Waals surface area contributed by atoms with Crippen LogP contribution in [0, 0.1) is 0 Å². The molecule has 1 fully saturated rings. The minimum Gasteiger partial charge on any atom is -0.505 e. The number of ether oxygens (including phenoxy) is 1. The molecule has 1 unspecified atom stereocenters. The molecule has 5 heteroatoms. The number of anilines is 1. The molecule has 0 saturated carbocycles. The molecule has 1 aliphatic heterocycles. The zero-order valence-corrected chi connectivity index (χ0v) is 11.5. The van der Waals surface area contributed by atoms with E-state index in [0.717, 1.165) is 0 Å². The number of rotatable bonds is 1. The highest BCUT2D eigenvalue weighted by Gasteiger charge is 2.34. The van der Waals surface area contributed by atoms with E-state index < -0.39 is 0 Å². The van der Waals surface area contributed by atoms with Crippen LogP contribution in [0.2, 0.25) is 0 Å². The van der Waals surface area contributed by atoms with Crippen molar-refractivity contribution >= 4 is 11.6 Å². The number of nitrogens with two attached hydrogens (primary N) is 1. The van der Waals surface area contributed by atoms with Gasteiger partial charge in [0.25, 0.3) is 5.91 Å². The van der Waals surface area contributed by atoms with E-state index >= 15 is 0 Å². The van der Waals surface area contributed by atoms with E-state index in [2.05, 4.69) is 0 Å². The third-order valence-corrected chi connectivity index (χ3v) is 3.15. The Kier molecular flexibility index (Phi) is 3.41. The number of morpholine rings is 1. The van der Waals surface area contributed by atoms with Crippen LogP contribution in [0.4, 0.5) is 5.69 Å². The van der Waals surface area contributed by atoms with E-state index in [1.54, 1.807) is 23.1 Å². The van der Waals surface area contributed by atoms with Crippen LogP contribution in [-0.2, 0) is 4.74 Å².